The highest BCUT2D eigenvalue weighted by Gasteiger charge is 2.34. The van der Waals surface area contributed by atoms with Crippen molar-refractivity contribution in [3.05, 3.63) is 24.2 Å². The first-order valence-corrected chi connectivity index (χ1v) is 7.04. The Morgan fingerprint density at radius 3 is 2.78 bits per heavy atom. The fourth-order valence-corrected chi connectivity index (χ4v) is 2.66. The van der Waals surface area contributed by atoms with E-state index in [1.807, 2.05) is 12.1 Å². The molecule has 0 saturated heterocycles. The summed E-state index contributed by atoms with van der Waals surface area (Å²) < 4.78 is 5.45. The molecule has 0 aliphatic heterocycles. The lowest BCUT2D eigenvalue weighted by molar-refractivity contribution is 0.0694. The smallest absolute Gasteiger partial charge is 0.117 e. The number of nitrogens with zero attached hydrogens (tertiary/aromatic N) is 1. The third-order valence-electron chi connectivity index (χ3n) is 3.82. The van der Waals surface area contributed by atoms with Crippen LogP contribution in [0.4, 0.5) is 0 Å². The molecule has 1 atom stereocenters. The van der Waals surface area contributed by atoms with Gasteiger partial charge in [0.1, 0.15) is 5.76 Å². The predicted octanol–water partition coefficient (Wildman–Crippen LogP) is 3.04. The van der Waals surface area contributed by atoms with Crippen molar-refractivity contribution in [1.29, 1.82) is 0 Å². The molecule has 1 aliphatic carbocycles. The summed E-state index contributed by atoms with van der Waals surface area (Å²) in [5.74, 6) is 1.03. The van der Waals surface area contributed by atoms with Crippen LogP contribution >= 0.6 is 0 Å². The molecule has 0 amide bonds. The molecule has 1 heterocycles. The van der Waals surface area contributed by atoms with Crippen LogP contribution in [0.2, 0.25) is 0 Å². The van der Waals surface area contributed by atoms with E-state index in [9.17, 15) is 5.11 Å². The number of rotatable bonds is 8. The van der Waals surface area contributed by atoms with Gasteiger partial charge in [-0.3, -0.25) is 4.90 Å². The second-order valence-electron chi connectivity index (χ2n) is 5.93. The molecule has 0 bridgehead atoms. The summed E-state index contributed by atoms with van der Waals surface area (Å²) in [6.07, 6.45) is 6.50. The van der Waals surface area contributed by atoms with E-state index in [1.165, 1.54) is 12.8 Å². The molecule has 2 rings (SSSR count). The Morgan fingerprint density at radius 1 is 1.50 bits per heavy atom. The third kappa shape index (κ3) is 3.59. The number of hydrogen-bond acceptors (Lipinski definition) is 3. The van der Waals surface area contributed by atoms with E-state index in [1.54, 1.807) is 6.26 Å². The zero-order chi connectivity index (χ0) is 13.0. The van der Waals surface area contributed by atoms with Gasteiger partial charge in [-0.25, -0.2) is 0 Å². The quantitative estimate of drug-likeness (QED) is 0.771. The van der Waals surface area contributed by atoms with Crippen molar-refractivity contribution >= 4 is 0 Å². The molecule has 1 saturated carbocycles. The molecule has 1 aromatic heterocycles. The van der Waals surface area contributed by atoms with Gasteiger partial charge in [-0.1, -0.05) is 20.3 Å². The summed E-state index contributed by atoms with van der Waals surface area (Å²) in [6.45, 7) is 6.47. The topological polar surface area (TPSA) is 36.6 Å². The second-order valence-corrected chi connectivity index (χ2v) is 5.93. The zero-order valence-electron chi connectivity index (χ0n) is 11.6. The van der Waals surface area contributed by atoms with Crippen LogP contribution in [0.3, 0.4) is 0 Å². The van der Waals surface area contributed by atoms with Gasteiger partial charge in [0.25, 0.3) is 0 Å². The Kier molecular flexibility index (Phi) is 4.46. The molecule has 0 radical (unpaired) electrons. The zero-order valence-corrected chi connectivity index (χ0v) is 11.6. The van der Waals surface area contributed by atoms with Crippen molar-refractivity contribution < 1.29 is 9.52 Å². The van der Waals surface area contributed by atoms with Gasteiger partial charge in [0.05, 0.1) is 12.8 Å². The van der Waals surface area contributed by atoms with Gasteiger partial charge >= 0.3 is 0 Å². The van der Waals surface area contributed by atoms with Gasteiger partial charge < -0.3 is 9.52 Å². The number of aliphatic hydroxyl groups excluding tert-OH is 1. The Bertz CT molecular complexity index is 345. The first-order valence-electron chi connectivity index (χ1n) is 7.04. The molecular weight excluding hydrogens is 226 g/mol. The summed E-state index contributed by atoms with van der Waals surface area (Å²) >= 11 is 0. The molecule has 0 aromatic carbocycles. The SMILES string of the molecule is CCCC(C)(CO)CN(Cc1ccco1)C1CC1. The largest absolute Gasteiger partial charge is 0.468 e. The second kappa shape index (κ2) is 5.89. The molecule has 18 heavy (non-hydrogen) atoms. The highest BCUT2D eigenvalue weighted by atomic mass is 16.3. The van der Waals surface area contributed by atoms with E-state index in [0.717, 1.165) is 31.7 Å². The molecule has 1 unspecified atom stereocenters. The van der Waals surface area contributed by atoms with E-state index in [0.29, 0.717) is 6.04 Å². The monoisotopic (exact) mass is 251 g/mol. The van der Waals surface area contributed by atoms with Crippen molar-refractivity contribution in [3.63, 3.8) is 0 Å². The normalized spacial score (nSPS) is 19.1. The minimum atomic E-state index is 0.0178. The number of furan rings is 1. The molecule has 3 heteroatoms. The Balaban J connectivity index is 1.97. The van der Waals surface area contributed by atoms with Crippen molar-refractivity contribution in [2.45, 2.75) is 52.1 Å². The number of hydrogen-bond donors (Lipinski definition) is 1. The first-order chi connectivity index (χ1) is 8.67. The molecule has 3 nitrogen and oxygen atoms in total. The molecule has 1 fully saturated rings. The van der Waals surface area contributed by atoms with Crippen LogP contribution in [0.1, 0.15) is 45.3 Å². The molecule has 1 aromatic rings. The highest BCUT2D eigenvalue weighted by Crippen LogP contribution is 2.33. The van der Waals surface area contributed by atoms with Crippen molar-refractivity contribution in [1.82, 2.24) is 4.90 Å². The summed E-state index contributed by atoms with van der Waals surface area (Å²) in [5.41, 5.74) is 0.0178. The maximum atomic E-state index is 9.64. The van der Waals surface area contributed by atoms with Gasteiger partial charge in [0.2, 0.25) is 0 Å². The van der Waals surface area contributed by atoms with Crippen LogP contribution in [0, 0.1) is 5.41 Å². The molecule has 1 aliphatic rings. The standard InChI is InChI=1S/C15H25NO2/c1-3-8-15(2,12-17)11-16(13-6-7-13)10-14-5-4-9-18-14/h4-5,9,13,17H,3,6-8,10-12H2,1-2H3. The summed E-state index contributed by atoms with van der Waals surface area (Å²) in [7, 11) is 0. The van der Waals surface area contributed by atoms with Gasteiger partial charge in [-0.05, 0) is 31.4 Å². The fraction of sp³-hybridized carbons (Fsp3) is 0.733. The Morgan fingerprint density at radius 2 is 2.28 bits per heavy atom. The van der Waals surface area contributed by atoms with E-state index in [2.05, 4.69) is 18.7 Å². The van der Waals surface area contributed by atoms with Crippen LogP contribution in [0.25, 0.3) is 0 Å². The van der Waals surface area contributed by atoms with Crippen LogP contribution in [0.15, 0.2) is 22.8 Å². The summed E-state index contributed by atoms with van der Waals surface area (Å²) in [4.78, 5) is 2.48. The molecule has 0 spiro atoms. The van der Waals surface area contributed by atoms with Crippen molar-refractivity contribution in [2.75, 3.05) is 13.2 Å². The molecule has 1 N–H and O–H groups in total. The van der Waals surface area contributed by atoms with Crippen LogP contribution in [0.5, 0.6) is 0 Å². The van der Waals surface area contributed by atoms with Crippen LogP contribution in [-0.2, 0) is 6.54 Å². The van der Waals surface area contributed by atoms with Crippen LogP contribution < -0.4 is 0 Å². The van der Waals surface area contributed by atoms with Crippen molar-refractivity contribution in [3.8, 4) is 0 Å². The summed E-state index contributed by atoms with van der Waals surface area (Å²) in [6, 6.07) is 4.67. The van der Waals surface area contributed by atoms with E-state index < -0.39 is 0 Å². The fourth-order valence-electron chi connectivity index (χ4n) is 2.66. The maximum absolute atomic E-state index is 9.64. The van der Waals surface area contributed by atoms with Gasteiger partial charge in [0, 0.05) is 24.6 Å². The van der Waals surface area contributed by atoms with Gasteiger partial charge in [0.15, 0.2) is 0 Å². The van der Waals surface area contributed by atoms with Crippen molar-refractivity contribution in [2.24, 2.45) is 5.41 Å². The van der Waals surface area contributed by atoms with E-state index >= 15 is 0 Å². The molecular formula is C15H25NO2. The Labute approximate surface area is 110 Å². The lowest BCUT2D eigenvalue weighted by Crippen LogP contribution is -2.39. The van der Waals surface area contributed by atoms with Gasteiger partial charge in [-0.2, -0.15) is 0 Å². The predicted molar refractivity (Wildman–Crippen MR) is 72.2 cm³/mol. The lowest BCUT2D eigenvalue weighted by Gasteiger charge is -2.34. The molecule has 102 valence electrons. The average molecular weight is 251 g/mol. The van der Waals surface area contributed by atoms with E-state index in [-0.39, 0.29) is 12.0 Å². The van der Waals surface area contributed by atoms with E-state index in [4.69, 9.17) is 4.42 Å². The average Bonchev–Trinajstić information content (AvgIpc) is 3.08. The lowest BCUT2D eigenvalue weighted by atomic mass is 9.86. The van der Waals surface area contributed by atoms with Gasteiger partial charge in [-0.15, -0.1) is 0 Å². The third-order valence-corrected chi connectivity index (χ3v) is 3.82. The summed E-state index contributed by atoms with van der Waals surface area (Å²) in [5, 5.41) is 9.64. The van der Waals surface area contributed by atoms with Crippen LogP contribution in [-0.4, -0.2) is 29.2 Å². The maximum Gasteiger partial charge on any atom is 0.117 e. The number of aliphatic hydroxyl groups is 1. The first kappa shape index (κ1) is 13.6. The highest BCUT2D eigenvalue weighted by molar-refractivity contribution is 5.00. The minimum Gasteiger partial charge on any atom is -0.468 e. The Hall–Kier alpha value is -0.800. The minimum absolute atomic E-state index is 0.0178.